The molecule has 0 aliphatic heterocycles. The average molecular weight is 385 g/mol. The molecular weight excluding hydrogens is 367 g/mol. The van der Waals surface area contributed by atoms with Crippen LogP contribution in [0.25, 0.3) is 0 Å². The van der Waals surface area contributed by atoms with Crippen LogP contribution in [0, 0.1) is 6.92 Å². The highest BCUT2D eigenvalue weighted by molar-refractivity contribution is 6.42. The zero-order valence-corrected chi connectivity index (χ0v) is 15.2. The molecule has 0 fully saturated rings. The zero-order chi connectivity index (χ0) is 18.2. The van der Waals surface area contributed by atoms with Gasteiger partial charge in [0.25, 0.3) is 5.91 Å². The first-order valence-corrected chi connectivity index (χ1v) is 8.50. The number of benzene rings is 1. The lowest BCUT2D eigenvalue weighted by molar-refractivity contribution is -0.121. The normalized spacial score (nSPS) is 10.5. The van der Waals surface area contributed by atoms with Crippen molar-refractivity contribution in [3.63, 3.8) is 0 Å². The van der Waals surface area contributed by atoms with E-state index in [1.54, 1.807) is 19.1 Å². The van der Waals surface area contributed by atoms with Crippen LogP contribution in [-0.2, 0) is 11.2 Å². The third kappa shape index (κ3) is 6.36. The molecule has 25 heavy (non-hydrogen) atoms. The fourth-order valence-corrected chi connectivity index (χ4v) is 2.35. The number of hydrogen-bond acceptors (Lipinski definition) is 5. The van der Waals surface area contributed by atoms with E-state index in [9.17, 15) is 9.59 Å². The lowest BCUT2D eigenvalue weighted by atomic mass is 10.2. The first-order chi connectivity index (χ1) is 12.0. The van der Waals surface area contributed by atoms with Gasteiger partial charge >= 0.3 is 0 Å². The summed E-state index contributed by atoms with van der Waals surface area (Å²) in [5, 5.41) is 9.82. The Bertz CT molecular complexity index is 749. The zero-order valence-electron chi connectivity index (χ0n) is 13.6. The maximum atomic E-state index is 11.9. The predicted octanol–water partition coefficient (Wildman–Crippen LogP) is 2.55. The number of aryl methyl sites for hydroxylation is 2. The maximum Gasteiger partial charge on any atom is 0.251 e. The molecule has 1 aromatic heterocycles. The molecule has 9 heteroatoms. The van der Waals surface area contributed by atoms with E-state index in [0.29, 0.717) is 59.7 Å². The number of carbonyl (C=O) groups excluding carboxylic acids is 2. The van der Waals surface area contributed by atoms with Gasteiger partial charge in [-0.3, -0.25) is 9.59 Å². The second-order valence-corrected chi connectivity index (χ2v) is 6.14. The number of amides is 2. The largest absolute Gasteiger partial charge is 0.354 e. The summed E-state index contributed by atoms with van der Waals surface area (Å²) in [7, 11) is 0. The van der Waals surface area contributed by atoms with E-state index in [-0.39, 0.29) is 11.8 Å². The van der Waals surface area contributed by atoms with Crippen LogP contribution in [-0.4, -0.2) is 35.0 Å². The van der Waals surface area contributed by atoms with Crippen molar-refractivity contribution in [3.8, 4) is 0 Å². The number of halogens is 2. The van der Waals surface area contributed by atoms with Crippen LogP contribution in [0.5, 0.6) is 0 Å². The molecule has 1 heterocycles. The van der Waals surface area contributed by atoms with Crippen LogP contribution in [0.4, 0.5) is 0 Å². The number of nitrogens with one attached hydrogen (secondary N) is 2. The molecule has 7 nitrogen and oxygen atoms in total. The fourth-order valence-electron chi connectivity index (χ4n) is 2.05. The van der Waals surface area contributed by atoms with Crippen LogP contribution in [0.1, 0.15) is 34.9 Å². The maximum absolute atomic E-state index is 11.9. The average Bonchev–Trinajstić information content (AvgIpc) is 2.99. The first kappa shape index (κ1) is 19.2. The van der Waals surface area contributed by atoms with Crippen LogP contribution >= 0.6 is 23.2 Å². The second-order valence-electron chi connectivity index (χ2n) is 5.32. The van der Waals surface area contributed by atoms with E-state index in [1.165, 1.54) is 6.07 Å². The molecule has 2 N–H and O–H groups in total. The summed E-state index contributed by atoms with van der Waals surface area (Å²) < 4.78 is 4.97. The van der Waals surface area contributed by atoms with Gasteiger partial charge < -0.3 is 15.2 Å². The number of aromatic nitrogens is 2. The Morgan fingerprint density at radius 2 is 1.92 bits per heavy atom. The van der Waals surface area contributed by atoms with Crippen LogP contribution in [0.15, 0.2) is 22.7 Å². The summed E-state index contributed by atoms with van der Waals surface area (Å²) in [6.07, 6.45) is 1.52. The number of nitrogens with zero attached hydrogens (tertiary/aromatic N) is 2. The van der Waals surface area contributed by atoms with Gasteiger partial charge in [0.05, 0.1) is 10.0 Å². The molecule has 2 aromatic rings. The van der Waals surface area contributed by atoms with Crippen molar-refractivity contribution in [2.45, 2.75) is 26.2 Å². The molecule has 0 spiro atoms. The van der Waals surface area contributed by atoms with E-state index in [2.05, 4.69) is 20.8 Å². The molecule has 0 saturated heterocycles. The molecule has 0 saturated carbocycles. The smallest absolute Gasteiger partial charge is 0.251 e. The summed E-state index contributed by atoms with van der Waals surface area (Å²) >= 11 is 11.7. The highest BCUT2D eigenvalue weighted by Gasteiger charge is 2.08. The van der Waals surface area contributed by atoms with Gasteiger partial charge in [-0.2, -0.15) is 4.98 Å². The van der Waals surface area contributed by atoms with Crippen LogP contribution in [0.2, 0.25) is 10.0 Å². The van der Waals surface area contributed by atoms with Crippen molar-refractivity contribution in [2.75, 3.05) is 13.1 Å². The molecule has 0 bridgehead atoms. The van der Waals surface area contributed by atoms with E-state index >= 15 is 0 Å². The van der Waals surface area contributed by atoms with Crippen molar-refractivity contribution in [1.29, 1.82) is 0 Å². The monoisotopic (exact) mass is 384 g/mol. The van der Waals surface area contributed by atoms with Crippen molar-refractivity contribution in [1.82, 2.24) is 20.8 Å². The Kier molecular flexibility index (Phi) is 7.21. The third-order valence-electron chi connectivity index (χ3n) is 3.28. The first-order valence-electron chi connectivity index (χ1n) is 7.75. The van der Waals surface area contributed by atoms with E-state index < -0.39 is 0 Å². The van der Waals surface area contributed by atoms with Gasteiger partial charge in [0, 0.05) is 31.5 Å². The van der Waals surface area contributed by atoms with Gasteiger partial charge in [0.2, 0.25) is 11.8 Å². The number of rotatable bonds is 8. The van der Waals surface area contributed by atoms with E-state index in [0.717, 1.165) is 0 Å². The summed E-state index contributed by atoms with van der Waals surface area (Å²) in [6, 6.07) is 4.64. The second kappa shape index (κ2) is 9.39. The molecule has 0 unspecified atom stereocenters. The molecule has 0 atom stereocenters. The third-order valence-corrected chi connectivity index (χ3v) is 4.02. The van der Waals surface area contributed by atoms with Crippen molar-refractivity contribution >= 4 is 35.0 Å². The summed E-state index contributed by atoms with van der Waals surface area (Å²) in [5.41, 5.74) is 0.413. The van der Waals surface area contributed by atoms with Gasteiger partial charge in [-0.05, 0) is 31.5 Å². The molecular formula is C16H18Cl2N4O3. The van der Waals surface area contributed by atoms with Gasteiger partial charge in [0.15, 0.2) is 5.82 Å². The Morgan fingerprint density at radius 3 is 2.60 bits per heavy atom. The molecule has 2 amide bonds. The highest BCUT2D eigenvalue weighted by Crippen LogP contribution is 2.22. The van der Waals surface area contributed by atoms with Crippen LogP contribution in [0.3, 0.4) is 0 Å². The Hall–Kier alpha value is -2.12. The number of carbonyl (C=O) groups is 2. The number of hydrogen-bond donors (Lipinski definition) is 2. The highest BCUT2D eigenvalue weighted by atomic mass is 35.5. The molecule has 2 rings (SSSR count). The Labute approximate surface area is 155 Å². The van der Waals surface area contributed by atoms with E-state index in [4.69, 9.17) is 27.7 Å². The molecule has 1 aromatic carbocycles. The Balaban J connectivity index is 1.60. The van der Waals surface area contributed by atoms with Gasteiger partial charge in [-0.25, -0.2) is 0 Å². The lowest BCUT2D eigenvalue weighted by Crippen LogP contribution is -2.34. The topological polar surface area (TPSA) is 97.1 Å². The molecule has 134 valence electrons. The van der Waals surface area contributed by atoms with Crippen LogP contribution < -0.4 is 10.6 Å². The summed E-state index contributed by atoms with van der Waals surface area (Å²) in [6.45, 7) is 2.39. The molecule has 0 aliphatic carbocycles. The van der Waals surface area contributed by atoms with Gasteiger partial charge in [-0.1, -0.05) is 28.4 Å². The minimum Gasteiger partial charge on any atom is -0.354 e. The predicted molar refractivity (Wildman–Crippen MR) is 93.8 cm³/mol. The van der Waals surface area contributed by atoms with Gasteiger partial charge in [0.1, 0.15) is 0 Å². The quantitative estimate of drug-likeness (QED) is 0.681. The fraction of sp³-hybridized carbons (Fsp3) is 0.375. The minimum absolute atomic E-state index is 0.0972. The SMILES string of the molecule is Cc1noc(CCCC(=O)NCCNC(=O)c2ccc(Cl)c(Cl)c2)n1. The van der Waals surface area contributed by atoms with Crippen molar-refractivity contribution in [2.24, 2.45) is 0 Å². The minimum atomic E-state index is -0.278. The molecule has 0 aliphatic rings. The van der Waals surface area contributed by atoms with Crippen molar-refractivity contribution < 1.29 is 14.1 Å². The lowest BCUT2D eigenvalue weighted by Gasteiger charge is -2.07. The standard InChI is InChI=1S/C16H18Cl2N4O3/c1-10-21-15(25-22-10)4-2-3-14(23)19-7-8-20-16(24)11-5-6-12(17)13(18)9-11/h5-6,9H,2-4,7-8H2,1H3,(H,19,23)(H,20,24). The van der Waals surface area contributed by atoms with E-state index in [1.807, 2.05) is 0 Å². The van der Waals surface area contributed by atoms with Crippen molar-refractivity contribution in [3.05, 3.63) is 45.5 Å². The summed E-state index contributed by atoms with van der Waals surface area (Å²) in [5.74, 6) is 0.732. The Morgan fingerprint density at radius 1 is 1.16 bits per heavy atom. The molecule has 0 radical (unpaired) electrons. The van der Waals surface area contributed by atoms with Gasteiger partial charge in [-0.15, -0.1) is 0 Å². The summed E-state index contributed by atoms with van der Waals surface area (Å²) in [4.78, 5) is 27.7.